The summed E-state index contributed by atoms with van der Waals surface area (Å²) in [6.07, 6.45) is 51.0. The van der Waals surface area contributed by atoms with E-state index < -0.39 is 6.10 Å². The number of ether oxygens (including phenoxy) is 3. The van der Waals surface area contributed by atoms with Gasteiger partial charge in [-0.15, -0.1) is 0 Å². The Kier molecular flexibility index (Phi) is 48.1. The highest BCUT2D eigenvalue weighted by Crippen LogP contribution is 2.18. The van der Waals surface area contributed by atoms with Crippen LogP contribution in [0.5, 0.6) is 0 Å². The lowest BCUT2D eigenvalue weighted by atomic mass is 10.0. The van der Waals surface area contributed by atoms with Crippen LogP contribution in [0.3, 0.4) is 0 Å². The zero-order valence-corrected chi connectivity index (χ0v) is 44.1. The number of unbranched alkanes of at least 4 members (excludes halogenated alkanes) is 34. The maximum atomic E-state index is 12.8. The number of hydrogen-bond acceptors (Lipinski definition) is 6. The fourth-order valence-corrected chi connectivity index (χ4v) is 8.82. The zero-order valence-electron chi connectivity index (χ0n) is 44.1. The third-order valence-corrected chi connectivity index (χ3v) is 13.1. The Balaban J connectivity index is 4.22. The molecular formula is C58H112O6. The van der Waals surface area contributed by atoms with Crippen molar-refractivity contribution in [3.05, 3.63) is 0 Å². The van der Waals surface area contributed by atoms with Gasteiger partial charge < -0.3 is 14.2 Å². The van der Waals surface area contributed by atoms with Crippen molar-refractivity contribution in [2.75, 3.05) is 13.2 Å². The Morgan fingerprint density at radius 3 is 0.672 bits per heavy atom. The molecule has 0 aliphatic heterocycles. The van der Waals surface area contributed by atoms with Gasteiger partial charge in [0.25, 0.3) is 0 Å². The molecule has 0 N–H and O–H groups in total. The van der Waals surface area contributed by atoms with Crippen LogP contribution < -0.4 is 0 Å². The van der Waals surface area contributed by atoms with Crippen LogP contribution in [0, 0.1) is 17.8 Å². The Morgan fingerprint density at radius 1 is 0.266 bits per heavy atom. The van der Waals surface area contributed by atoms with Crippen LogP contribution in [0.2, 0.25) is 0 Å². The second-order valence-corrected chi connectivity index (χ2v) is 21.4. The van der Waals surface area contributed by atoms with Crippen molar-refractivity contribution < 1.29 is 28.6 Å². The Hall–Kier alpha value is -1.59. The monoisotopic (exact) mass is 905 g/mol. The smallest absolute Gasteiger partial charge is 0.306 e. The van der Waals surface area contributed by atoms with E-state index in [1.54, 1.807) is 0 Å². The molecule has 64 heavy (non-hydrogen) atoms. The number of rotatable bonds is 51. The maximum Gasteiger partial charge on any atom is 0.306 e. The molecule has 0 heterocycles. The van der Waals surface area contributed by atoms with Crippen LogP contribution in [0.4, 0.5) is 0 Å². The topological polar surface area (TPSA) is 78.9 Å². The van der Waals surface area contributed by atoms with Gasteiger partial charge in [0.1, 0.15) is 13.2 Å². The molecule has 380 valence electrons. The molecule has 0 aromatic rings. The van der Waals surface area contributed by atoms with Gasteiger partial charge in [-0.05, 0) is 37.0 Å². The van der Waals surface area contributed by atoms with Gasteiger partial charge in [-0.1, -0.05) is 279 Å². The van der Waals surface area contributed by atoms with Gasteiger partial charge in [-0.25, -0.2) is 0 Å². The molecule has 0 radical (unpaired) electrons. The van der Waals surface area contributed by atoms with E-state index in [1.165, 1.54) is 199 Å². The van der Waals surface area contributed by atoms with Crippen molar-refractivity contribution >= 4 is 17.9 Å². The van der Waals surface area contributed by atoms with Crippen molar-refractivity contribution in [2.45, 2.75) is 324 Å². The molecule has 0 fully saturated rings. The van der Waals surface area contributed by atoms with Gasteiger partial charge in [0.15, 0.2) is 6.10 Å². The summed E-state index contributed by atoms with van der Waals surface area (Å²) in [5.74, 6) is 1.64. The van der Waals surface area contributed by atoms with Gasteiger partial charge in [0.05, 0.1) is 0 Å². The lowest BCUT2D eigenvalue weighted by Gasteiger charge is -2.18. The predicted octanol–water partition coefficient (Wildman–Crippen LogP) is 18.7. The van der Waals surface area contributed by atoms with E-state index >= 15 is 0 Å². The SMILES string of the molecule is CC(C)CCCCCCCCCCCCCCCCCCCCC(=O)OC[C@H](COC(=O)CCCCCCCCCCCCC(C)C)OC(=O)CCCCCCCCCCCC(C)C. The second-order valence-electron chi connectivity index (χ2n) is 21.4. The highest BCUT2D eigenvalue weighted by Gasteiger charge is 2.19. The molecule has 0 rings (SSSR count). The van der Waals surface area contributed by atoms with Crippen molar-refractivity contribution in [1.29, 1.82) is 0 Å². The van der Waals surface area contributed by atoms with Gasteiger partial charge in [-0.2, -0.15) is 0 Å². The highest BCUT2D eigenvalue weighted by atomic mass is 16.6. The Bertz CT molecular complexity index is 991. The average Bonchev–Trinajstić information content (AvgIpc) is 3.25. The Labute approximate surface area is 399 Å². The minimum Gasteiger partial charge on any atom is -0.462 e. The molecule has 0 unspecified atom stereocenters. The van der Waals surface area contributed by atoms with Crippen molar-refractivity contribution in [3.8, 4) is 0 Å². The van der Waals surface area contributed by atoms with Gasteiger partial charge >= 0.3 is 17.9 Å². The standard InChI is InChI=1S/C58H112O6/c1-52(2)44-38-32-26-20-15-13-11-9-7-8-10-12-14-16-23-29-35-41-47-56(59)62-50-55(64-58(61)49-43-37-31-25-19-22-28-34-40-46-54(5)6)51-63-57(60)48-42-36-30-24-18-17-21-27-33-39-45-53(3)4/h52-55H,7-51H2,1-6H3/t55-/m1/s1. The number of esters is 3. The summed E-state index contributed by atoms with van der Waals surface area (Å²) in [5, 5.41) is 0. The van der Waals surface area contributed by atoms with Crippen molar-refractivity contribution in [3.63, 3.8) is 0 Å². The fourth-order valence-electron chi connectivity index (χ4n) is 8.82. The number of hydrogen-bond donors (Lipinski definition) is 0. The van der Waals surface area contributed by atoms with Crippen LogP contribution in [-0.4, -0.2) is 37.2 Å². The first-order chi connectivity index (χ1) is 31.1. The summed E-state index contributed by atoms with van der Waals surface area (Å²) >= 11 is 0. The van der Waals surface area contributed by atoms with Crippen LogP contribution in [0.15, 0.2) is 0 Å². The lowest BCUT2D eigenvalue weighted by molar-refractivity contribution is -0.167. The van der Waals surface area contributed by atoms with Crippen LogP contribution in [0.1, 0.15) is 318 Å². The molecule has 0 aromatic carbocycles. The normalized spacial score (nSPS) is 12.1. The first-order valence-electron chi connectivity index (χ1n) is 28.6. The van der Waals surface area contributed by atoms with E-state index in [-0.39, 0.29) is 31.1 Å². The molecular weight excluding hydrogens is 793 g/mol. The summed E-state index contributed by atoms with van der Waals surface area (Å²) in [7, 11) is 0. The zero-order chi connectivity index (χ0) is 47.0. The maximum absolute atomic E-state index is 12.8. The largest absolute Gasteiger partial charge is 0.462 e. The quantitative estimate of drug-likeness (QED) is 0.0344. The first-order valence-corrected chi connectivity index (χ1v) is 28.6. The molecule has 0 saturated heterocycles. The van der Waals surface area contributed by atoms with E-state index in [2.05, 4.69) is 41.5 Å². The molecule has 6 heteroatoms. The van der Waals surface area contributed by atoms with Gasteiger partial charge in [-0.3, -0.25) is 14.4 Å². The predicted molar refractivity (Wildman–Crippen MR) is 275 cm³/mol. The van der Waals surface area contributed by atoms with Crippen molar-refractivity contribution in [1.82, 2.24) is 0 Å². The van der Waals surface area contributed by atoms with Gasteiger partial charge in [0, 0.05) is 19.3 Å². The molecule has 6 nitrogen and oxygen atoms in total. The number of carbonyl (C=O) groups excluding carboxylic acids is 3. The Morgan fingerprint density at radius 2 is 0.453 bits per heavy atom. The highest BCUT2D eigenvalue weighted by molar-refractivity contribution is 5.71. The molecule has 1 atom stereocenters. The molecule has 0 aliphatic carbocycles. The summed E-state index contributed by atoms with van der Waals surface area (Å²) in [6.45, 7) is 13.7. The van der Waals surface area contributed by atoms with E-state index in [1.807, 2.05) is 0 Å². The molecule has 0 bridgehead atoms. The summed E-state index contributed by atoms with van der Waals surface area (Å²) in [5.41, 5.74) is 0. The van der Waals surface area contributed by atoms with E-state index in [0.29, 0.717) is 19.3 Å². The second kappa shape index (κ2) is 49.3. The van der Waals surface area contributed by atoms with Crippen molar-refractivity contribution in [2.24, 2.45) is 17.8 Å². The molecule has 0 spiro atoms. The molecule has 0 saturated carbocycles. The molecule has 0 amide bonds. The van der Waals surface area contributed by atoms with Crippen LogP contribution in [-0.2, 0) is 28.6 Å². The van der Waals surface area contributed by atoms with Crippen LogP contribution >= 0.6 is 0 Å². The minimum atomic E-state index is -0.763. The van der Waals surface area contributed by atoms with E-state index in [0.717, 1.165) is 75.5 Å². The molecule has 0 aromatic heterocycles. The van der Waals surface area contributed by atoms with E-state index in [4.69, 9.17) is 14.2 Å². The third kappa shape index (κ3) is 51.4. The van der Waals surface area contributed by atoms with Gasteiger partial charge in [0.2, 0.25) is 0 Å². The molecule has 0 aliphatic rings. The third-order valence-electron chi connectivity index (χ3n) is 13.1. The summed E-state index contributed by atoms with van der Waals surface area (Å²) in [6, 6.07) is 0. The average molecular weight is 906 g/mol. The fraction of sp³-hybridized carbons (Fsp3) is 0.948. The van der Waals surface area contributed by atoms with E-state index in [9.17, 15) is 14.4 Å². The summed E-state index contributed by atoms with van der Waals surface area (Å²) in [4.78, 5) is 38.1. The lowest BCUT2D eigenvalue weighted by Crippen LogP contribution is -2.30. The summed E-state index contributed by atoms with van der Waals surface area (Å²) < 4.78 is 16.9. The number of carbonyl (C=O) groups is 3. The first kappa shape index (κ1) is 62.4. The minimum absolute atomic E-state index is 0.0641. The van der Waals surface area contributed by atoms with Crippen LogP contribution in [0.25, 0.3) is 0 Å².